The van der Waals surface area contributed by atoms with Gasteiger partial charge in [-0.25, -0.2) is 0 Å². The number of methoxy groups -OCH3 is 2. The first-order valence-electron chi connectivity index (χ1n) is 10.3. The maximum atomic E-state index is 10.5. The minimum absolute atomic E-state index is 0.235. The summed E-state index contributed by atoms with van der Waals surface area (Å²) >= 11 is 0. The third-order valence-corrected chi connectivity index (χ3v) is 4.79. The number of carboxylic acid groups (broad SMARTS) is 1. The Bertz CT molecular complexity index is 621. The van der Waals surface area contributed by atoms with E-state index in [2.05, 4.69) is 37.8 Å². The molecule has 0 atom stereocenters. The molecule has 4 heteroatoms. The molecule has 0 heterocycles. The van der Waals surface area contributed by atoms with Crippen LogP contribution < -0.4 is 9.47 Å². The average molecular weight is 389 g/mol. The number of ether oxygens (including phenoxy) is 2. The van der Waals surface area contributed by atoms with Crippen molar-refractivity contribution in [1.82, 2.24) is 0 Å². The molecule has 0 aliphatic carbocycles. The van der Waals surface area contributed by atoms with E-state index in [1.807, 2.05) is 0 Å². The van der Waals surface area contributed by atoms with E-state index >= 15 is 0 Å². The number of benzene rings is 1. The Morgan fingerprint density at radius 3 is 2.18 bits per heavy atom. The van der Waals surface area contributed by atoms with Crippen molar-refractivity contribution in [3.63, 3.8) is 0 Å². The van der Waals surface area contributed by atoms with E-state index in [4.69, 9.17) is 14.6 Å². The van der Waals surface area contributed by atoms with Crippen LogP contribution in [0.2, 0.25) is 0 Å². The highest BCUT2D eigenvalue weighted by Crippen LogP contribution is 2.32. The Balaban J connectivity index is 2.40. The lowest BCUT2D eigenvalue weighted by molar-refractivity contribution is -0.137. The predicted molar refractivity (Wildman–Crippen MR) is 116 cm³/mol. The quantitative estimate of drug-likeness (QED) is 0.278. The molecular weight excluding hydrogens is 352 g/mol. The van der Waals surface area contributed by atoms with Gasteiger partial charge in [0.1, 0.15) is 11.5 Å². The lowest BCUT2D eigenvalue weighted by Gasteiger charge is -2.13. The molecule has 0 aliphatic heterocycles. The fourth-order valence-corrected chi connectivity index (χ4v) is 3.21. The third-order valence-electron chi connectivity index (χ3n) is 4.79. The minimum Gasteiger partial charge on any atom is -0.496 e. The van der Waals surface area contributed by atoms with Gasteiger partial charge in [0, 0.05) is 6.42 Å². The first kappa shape index (κ1) is 23.8. The summed E-state index contributed by atoms with van der Waals surface area (Å²) in [5.74, 6) is 0.990. The van der Waals surface area contributed by atoms with Crippen molar-refractivity contribution in [3.05, 3.63) is 41.5 Å². The molecule has 1 aromatic carbocycles. The lowest BCUT2D eigenvalue weighted by atomic mass is 10.00. The van der Waals surface area contributed by atoms with Crippen LogP contribution in [-0.2, 0) is 11.2 Å². The first-order valence-corrected chi connectivity index (χ1v) is 10.3. The van der Waals surface area contributed by atoms with E-state index in [1.165, 1.54) is 24.0 Å². The standard InChI is InChI=1S/C24H36O4/c1-5-6-15-21-22(27-3)17-20(18-23(21)28-4)14-10-8-7-9-12-19(2)13-11-16-24(25)26/h6,15,17-18H,2,5,7-14,16H2,1,3-4H3,(H,25,26)/b15-6+. The number of carbonyl (C=O) groups is 1. The molecule has 4 nitrogen and oxygen atoms in total. The van der Waals surface area contributed by atoms with Crippen molar-refractivity contribution in [3.8, 4) is 11.5 Å². The van der Waals surface area contributed by atoms with Crippen molar-refractivity contribution in [1.29, 1.82) is 0 Å². The van der Waals surface area contributed by atoms with Gasteiger partial charge in [0.25, 0.3) is 0 Å². The molecule has 0 fully saturated rings. The van der Waals surface area contributed by atoms with Gasteiger partial charge in [0.15, 0.2) is 0 Å². The third kappa shape index (κ3) is 9.12. The Morgan fingerprint density at radius 2 is 1.61 bits per heavy atom. The highest BCUT2D eigenvalue weighted by Gasteiger charge is 2.10. The van der Waals surface area contributed by atoms with Crippen LogP contribution in [0.25, 0.3) is 6.08 Å². The molecule has 0 saturated carbocycles. The van der Waals surface area contributed by atoms with Gasteiger partial charge in [-0.1, -0.05) is 44.1 Å². The van der Waals surface area contributed by atoms with Gasteiger partial charge in [0.2, 0.25) is 0 Å². The molecule has 1 aromatic rings. The summed E-state index contributed by atoms with van der Waals surface area (Å²) in [6.07, 6.45) is 13.5. The number of rotatable bonds is 15. The minimum atomic E-state index is -0.726. The molecular formula is C24H36O4. The van der Waals surface area contributed by atoms with Crippen LogP contribution in [0.15, 0.2) is 30.4 Å². The van der Waals surface area contributed by atoms with Gasteiger partial charge < -0.3 is 14.6 Å². The topological polar surface area (TPSA) is 55.8 Å². The molecule has 0 spiro atoms. The van der Waals surface area contributed by atoms with E-state index in [0.717, 1.165) is 55.6 Å². The van der Waals surface area contributed by atoms with Crippen LogP contribution in [0, 0.1) is 0 Å². The van der Waals surface area contributed by atoms with E-state index in [1.54, 1.807) is 14.2 Å². The van der Waals surface area contributed by atoms with Gasteiger partial charge in [-0.15, -0.1) is 0 Å². The Labute approximate surface area is 170 Å². The van der Waals surface area contributed by atoms with E-state index < -0.39 is 5.97 Å². The first-order chi connectivity index (χ1) is 13.5. The molecule has 1 rings (SSSR count). The number of aliphatic carboxylic acids is 1. The molecule has 0 saturated heterocycles. The van der Waals surface area contributed by atoms with Crippen molar-refractivity contribution in [2.45, 2.75) is 71.1 Å². The average Bonchev–Trinajstić information content (AvgIpc) is 2.68. The van der Waals surface area contributed by atoms with Gasteiger partial charge in [-0.2, -0.15) is 0 Å². The van der Waals surface area contributed by atoms with Crippen LogP contribution in [0.5, 0.6) is 11.5 Å². The second-order valence-electron chi connectivity index (χ2n) is 7.14. The Kier molecular flexibility index (Phi) is 11.8. The monoisotopic (exact) mass is 388 g/mol. The maximum Gasteiger partial charge on any atom is 0.303 e. The SMILES string of the molecule is C=C(CCCCCCc1cc(OC)c(/C=C/CC)c(OC)c1)CCCC(=O)O. The number of allylic oxidation sites excluding steroid dienone is 2. The van der Waals surface area contributed by atoms with Gasteiger partial charge in [-0.05, 0) is 62.6 Å². The van der Waals surface area contributed by atoms with Crippen LogP contribution in [0.3, 0.4) is 0 Å². The number of hydrogen-bond donors (Lipinski definition) is 1. The maximum absolute atomic E-state index is 10.5. The summed E-state index contributed by atoms with van der Waals surface area (Å²) in [5, 5.41) is 8.66. The van der Waals surface area contributed by atoms with Crippen LogP contribution in [-0.4, -0.2) is 25.3 Å². The zero-order valence-electron chi connectivity index (χ0n) is 17.8. The summed E-state index contributed by atoms with van der Waals surface area (Å²) in [4.78, 5) is 10.5. The highest BCUT2D eigenvalue weighted by molar-refractivity contribution is 5.66. The molecule has 0 aliphatic rings. The summed E-state index contributed by atoms with van der Waals surface area (Å²) in [5.41, 5.74) is 3.41. The molecule has 28 heavy (non-hydrogen) atoms. The molecule has 0 radical (unpaired) electrons. The lowest BCUT2D eigenvalue weighted by Crippen LogP contribution is -1.96. The predicted octanol–water partition coefficient (Wildman–Crippen LogP) is 6.43. The van der Waals surface area contributed by atoms with Crippen molar-refractivity contribution in [2.75, 3.05) is 14.2 Å². The van der Waals surface area contributed by atoms with Crippen LogP contribution in [0.1, 0.15) is 75.8 Å². The Hall–Kier alpha value is -2.23. The number of aryl methyl sites for hydroxylation is 1. The van der Waals surface area contributed by atoms with E-state index in [-0.39, 0.29) is 6.42 Å². The summed E-state index contributed by atoms with van der Waals surface area (Å²) < 4.78 is 11.1. The van der Waals surface area contributed by atoms with Crippen molar-refractivity contribution < 1.29 is 19.4 Å². The van der Waals surface area contributed by atoms with Gasteiger partial charge in [-0.3, -0.25) is 4.79 Å². The highest BCUT2D eigenvalue weighted by atomic mass is 16.5. The van der Waals surface area contributed by atoms with Crippen LogP contribution in [0.4, 0.5) is 0 Å². The molecule has 0 aromatic heterocycles. The van der Waals surface area contributed by atoms with Crippen LogP contribution >= 0.6 is 0 Å². The smallest absolute Gasteiger partial charge is 0.303 e. The summed E-state index contributed by atoms with van der Waals surface area (Å²) in [6, 6.07) is 4.23. The molecule has 0 bridgehead atoms. The number of hydrogen-bond acceptors (Lipinski definition) is 3. The largest absolute Gasteiger partial charge is 0.496 e. The zero-order valence-corrected chi connectivity index (χ0v) is 17.8. The van der Waals surface area contributed by atoms with E-state index in [0.29, 0.717) is 6.42 Å². The van der Waals surface area contributed by atoms with E-state index in [9.17, 15) is 4.79 Å². The number of carboxylic acids is 1. The Morgan fingerprint density at radius 1 is 1.00 bits per heavy atom. The summed E-state index contributed by atoms with van der Waals surface area (Å²) in [6.45, 7) is 6.16. The zero-order chi connectivity index (χ0) is 20.8. The number of unbranched alkanes of at least 4 members (excludes halogenated alkanes) is 3. The second-order valence-corrected chi connectivity index (χ2v) is 7.14. The van der Waals surface area contributed by atoms with Gasteiger partial charge in [0.05, 0.1) is 19.8 Å². The molecule has 1 N–H and O–H groups in total. The molecule has 0 unspecified atom stereocenters. The second kappa shape index (κ2) is 13.9. The fourth-order valence-electron chi connectivity index (χ4n) is 3.21. The van der Waals surface area contributed by atoms with Crippen molar-refractivity contribution >= 4 is 12.0 Å². The van der Waals surface area contributed by atoms with Crippen molar-refractivity contribution in [2.24, 2.45) is 0 Å². The molecule has 0 amide bonds. The summed E-state index contributed by atoms with van der Waals surface area (Å²) in [7, 11) is 3.40. The van der Waals surface area contributed by atoms with Gasteiger partial charge >= 0.3 is 5.97 Å². The normalized spacial score (nSPS) is 11.0. The fraction of sp³-hybridized carbons (Fsp3) is 0.542. The molecule has 156 valence electrons.